The first-order chi connectivity index (χ1) is 8.07. The first kappa shape index (κ1) is 15.0. The summed E-state index contributed by atoms with van der Waals surface area (Å²) in [7, 11) is 0. The number of hydrogen-bond acceptors (Lipinski definition) is 2. The van der Waals surface area contributed by atoms with Crippen LogP contribution < -0.4 is 5.73 Å². The predicted octanol–water partition coefficient (Wildman–Crippen LogP) is 3.73. The van der Waals surface area contributed by atoms with Crippen LogP contribution in [0.2, 0.25) is 0 Å². The van der Waals surface area contributed by atoms with Gasteiger partial charge in [0.25, 0.3) is 0 Å². The largest absolute Gasteiger partial charge is 0.375 e. The molecule has 0 amide bonds. The summed E-state index contributed by atoms with van der Waals surface area (Å²) in [6.45, 7) is 8.90. The van der Waals surface area contributed by atoms with Crippen molar-refractivity contribution in [2.45, 2.75) is 84.5 Å². The second kappa shape index (κ2) is 7.38. The molecule has 0 saturated carbocycles. The molecular formula is C15H31NO. The number of nitrogens with two attached hydrogens (primary N) is 1. The Balaban J connectivity index is 2.25. The average molecular weight is 241 g/mol. The first-order valence-corrected chi connectivity index (χ1v) is 7.49. The van der Waals surface area contributed by atoms with Crippen molar-refractivity contribution in [3.8, 4) is 0 Å². The zero-order valence-electron chi connectivity index (χ0n) is 12.1. The maximum Gasteiger partial charge on any atom is 0.0597 e. The highest BCUT2D eigenvalue weighted by Gasteiger charge is 2.39. The lowest BCUT2D eigenvalue weighted by atomic mass is 9.82. The van der Waals surface area contributed by atoms with Gasteiger partial charge in [-0.15, -0.1) is 0 Å². The molecule has 0 aliphatic carbocycles. The van der Waals surface area contributed by atoms with Crippen molar-refractivity contribution in [2.75, 3.05) is 0 Å². The molecule has 102 valence electrons. The van der Waals surface area contributed by atoms with E-state index in [0.717, 1.165) is 0 Å². The molecule has 5 atom stereocenters. The summed E-state index contributed by atoms with van der Waals surface area (Å²) in [5, 5.41) is 0. The summed E-state index contributed by atoms with van der Waals surface area (Å²) >= 11 is 0. The van der Waals surface area contributed by atoms with E-state index in [1.165, 1.54) is 38.5 Å². The monoisotopic (exact) mass is 241 g/mol. The zero-order valence-corrected chi connectivity index (χ0v) is 12.1. The second-order valence-electron chi connectivity index (χ2n) is 5.85. The van der Waals surface area contributed by atoms with Crippen LogP contribution in [0.3, 0.4) is 0 Å². The minimum atomic E-state index is 0.326. The molecule has 5 unspecified atom stereocenters. The van der Waals surface area contributed by atoms with Gasteiger partial charge in [0.2, 0.25) is 0 Å². The van der Waals surface area contributed by atoms with Crippen molar-refractivity contribution in [1.82, 2.24) is 0 Å². The van der Waals surface area contributed by atoms with Crippen molar-refractivity contribution in [2.24, 2.45) is 17.6 Å². The molecule has 1 aliphatic rings. The molecule has 1 fully saturated rings. The van der Waals surface area contributed by atoms with Crippen LogP contribution in [-0.2, 0) is 4.74 Å². The van der Waals surface area contributed by atoms with E-state index < -0.39 is 0 Å². The van der Waals surface area contributed by atoms with Gasteiger partial charge in [-0.3, -0.25) is 0 Å². The topological polar surface area (TPSA) is 35.2 Å². The Labute approximate surface area is 107 Å². The minimum absolute atomic E-state index is 0.326. The highest BCUT2D eigenvalue weighted by molar-refractivity contribution is 4.90. The Hall–Kier alpha value is -0.0800. The molecule has 1 heterocycles. The maximum atomic E-state index is 6.36. The molecule has 1 aliphatic heterocycles. The number of unbranched alkanes of at least 4 members (excludes halogenated alkanes) is 4. The third-order valence-electron chi connectivity index (χ3n) is 4.45. The van der Waals surface area contributed by atoms with Crippen LogP contribution in [0.4, 0.5) is 0 Å². The van der Waals surface area contributed by atoms with Crippen molar-refractivity contribution in [3.63, 3.8) is 0 Å². The average Bonchev–Trinajstić information content (AvgIpc) is 2.53. The predicted molar refractivity (Wildman–Crippen MR) is 74.0 cm³/mol. The van der Waals surface area contributed by atoms with E-state index in [1.807, 2.05) is 0 Å². The molecule has 0 bridgehead atoms. The molecule has 0 aromatic heterocycles. The van der Waals surface area contributed by atoms with Gasteiger partial charge in [0.1, 0.15) is 0 Å². The summed E-state index contributed by atoms with van der Waals surface area (Å²) in [6, 6.07) is 0.326. The van der Waals surface area contributed by atoms with Crippen LogP contribution in [0.25, 0.3) is 0 Å². The van der Waals surface area contributed by atoms with Gasteiger partial charge >= 0.3 is 0 Å². The van der Waals surface area contributed by atoms with E-state index >= 15 is 0 Å². The van der Waals surface area contributed by atoms with Crippen molar-refractivity contribution >= 4 is 0 Å². The zero-order chi connectivity index (χ0) is 12.8. The highest BCUT2D eigenvalue weighted by Crippen LogP contribution is 2.35. The Bertz CT molecular complexity index is 207. The maximum absolute atomic E-state index is 6.36. The molecule has 0 aromatic rings. The Morgan fingerprint density at radius 1 is 1.00 bits per heavy atom. The number of hydrogen-bond donors (Lipinski definition) is 1. The van der Waals surface area contributed by atoms with E-state index in [0.29, 0.717) is 30.1 Å². The van der Waals surface area contributed by atoms with Crippen LogP contribution in [0.1, 0.15) is 66.2 Å². The lowest BCUT2D eigenvalue weighted by Gasteiger charge is -2.25. The molecule has 17 heavy (non-hydrogen) atoms. The van der Waals surface area contributed by atoms with Gasteiger partial charge in [-0.05, 0) is 26.2 Å². The van der Waals surface area contributed by atoms with Gasteiger partial charge in [0, 0.05) is 12.0 Å². The number of rotatable bonds is 7. The molecule has 1 rings (SSSR count). The quantitative estimate of drug-likeness (QED) is 0.689. The van der Waals surface area contributed by atoms with Crippen molar-refractivity contribution in [3.05, 3.63) is 0 Å². The lowest BCUT2D eigenvalue weighted by molar-refractivity contribution is 0.0486. The third kappa shape index (κ3) is 4.26. The fourth-order valence-corrected chi connectivity index (χ4v) is 3.21. The van der Waals surface area contributed by atoms with E-state index in [2.05, 4.69) is 27.7 Å². The van der Waals surface area contributed by atoms with E-state index in [4.69, 9.17) is 10.5 Å². The summed E-state index contributed by atoms with van der Waals surface area (Å²) in [5.41, 5.74) is 6.36. The SMILES string of the molecule is CCCCCCCC(N)C1C(C)OC(C)C1C. The second-order valence-corrected chi connectivity index (χ2v) is 5.85. The van der Waals surface area contributed by atoms with Crippen LogP contribution in [0.5, 0.6) is 0 Å². The summed E-state index contributed by atoms with van der Waals surface area (Å²) in [6.07, 6.45) is 8.55. The van der Waals surface area contributed by atoms with Crippen LogP contribution in [0, 0.1) is 11.8 Å². The molecule has 2 N–H and O–H groups in total. The third-order valence-corrected chi connectivity index (χ3v) is 4.45. The molecule has 2 nitrogen and oxygen atoms in total. The molecule has 0 aromatic carbocycles. The molecule has 0 radical (unpaired) electrons. The smallest absolute Gasteiger partial charge is 0.0597 e. The first-order valence-electron chi connectivity index (χ1n) is 7.49. The van der Waals surface area contributed by atoms with Gasteiger partial charge < -0.3 is 10.5 Å². The fourth-order valence-electron chi connectivity index (χ4n) is 3.21. The van der Waals surface area contributed by atoms with Gasteiger partial charge in [-0.1, -0.05) is 46.0 Å². The Kier molecular flexibility index (Phi) is 6.50. The molecule has 1 saturated heterocycles. The minimum Gasteiger partial charge on any atom is -0.375 e. The normalized spacial score (nSPS) is 35.1. The van der Waals surface area contributed by atoms with Crippen LogP contribution >= 0.6 is 0 Å². The summed E-state index contributed by atoms with van der Waals surface area (Å²) < 4.78 is 5.87. The highest BCUT2D eigenvalue weighted by atomic mass is 16.5. The fraction of sp³-hybridized carbons (Fsp3) is 1.00. The lowest BCUT2D eigenvalue weighted by Crippen LogP contribution is -2.37. The van der Waals surface area contributed by atoms with E-state index in [-0.39, 0.29) is 0 Å². The Morgan fingerprint density at radius 2 is 1.65 bits per heavy atom. The summed E-state index contributed by atoms with van der Waals surface area (Å²) in [4.78, 5) is 0. The van der Waals surface area contributed by atoms with Crippen LogP contribution in [-0.4, -0.2) is 18.2 Å². The number of ether oxygens (including phenoxy) is 1. The molecular weight excluding hydrogens is 210 g/mol. The van der Waals surface area contributed by atoms with Crippen molar-refractivity contribution in [1.29, 1.82) is 0 Å². The van der Waals surface area contributed by atoms with E-state index in [1.54, 1.807) is 0 Å². The molecule has 2 heteroatoms. The Morgan fingerprint density at radius 3 is 2.18 bits per heavy atom. The van der Waals surface area contributed by atoms with E-state index in [9.17, 15) is 0 Å². The van der Waals surface area contributed by atoms with Crippen molar-refractivity contribution < 1.29 is 4.74 Å². The van der Waals surface area contributed by atoms with Gasteiger partial charge in [-0.25, -0.2) is 0 Å². The standard InChI is InChI=1S/C15H31NO/c1-5-6-7-8-9-10-14(16)15-11(2)12(3)17-13(15)4/h11-15H,5-10,16H2,1-4H3. The van der Waals surface area contributed by atoms with Gasteiger partial charge in [0.05, 0.1) is 12.2 Å². The van der Waals surface area contributed by atoms with Crippen LogP contribution in [0.15, 0.2) is 0 Å². The summed E-state index contributed by atoms with van der Waals surface area (Å²) in [5.74, 6) is 1.16. The van der Waals surface area contributed by atoms with Gasteiger partial charge in [0.15, 0.2) is 0 Å². The molecule has 0 spiro atoms. The van der Waals surface area contributed by atoms with Gasteiger partial charge in [-0.2, -0.15) is 0 Å².